The number of hydrogen-bond acceptors (Lipinski definition) is 10. The van der Waals surface area contributed by atoms with Crippen LogP contribution in [0.2, 0.25) is 5.02 Å². The first-order chi connectivity index (χ1) is 15.5. The lowest BCUT2D eigenvalue weighted by Gasteiger charge is -2.20. The van der Waals surface area contributed by atoms with Gasteiger partial charge in [-0.05, 0) is 31.9 Å². The molecule has 0 saturated heterocycles. The normalized spacial score (nSPS) is 13.1. The molecule has 0 radical (unpaired) electrons. The minimum Gasteiger partial charge on any atom is -0.450 e. The molecule has 0 atom stereocenters. The van der Waals surface area contributed by atoms with E-state index in [9.17, 15) is 9.59 Å². The van der Waals surface area contributed by atoms with Crippen molar-refractivity contribution in [3.63, 3.8) is 0 Å². The van der Waals surface area contributed by atoms with E-state index in [4.69, 9.17) is 20.8 Å². The monoisotopic (exact) mass is 494 g/mol. The van der Waals surface area contributed by atoms with Crippen molar-refractivity contribution in [3.05, 3.63) is 35.2 Å². The Hall–Kier alpha value is -2.70. The molecule has 1 saturated carbocycles. The molecule has 0 bridgehead atoms. The minimum absolute atomic E-state index is 0.0647. The molecule has 1 fully saturated rings. The van der Waals surface area contributed by atoms with Crippen molar-refractivity contribution in [2.24, 2.45) is 0 Å². The van der Waals surface area contributed by atoms with Crippen molar-refractivity contribution >= 4 is 51.8 Å². The van der Waals surface area contributed by atoms with Gasteiger partial charge in [-0.3, -0.25) is 10.1 Å². The SMILES string of the molecule is CCOC(=O)Nc1nnc(SCC(=O)N(Cc2nnc(-c3ccccc3Cl)o2)C2CC2)s1. The third-order valence-electron chi connectivity index (χ3n) is 4.39. The Morgan fingerprint density at radius 3 is 2.84 bits per heavy atom. The zero-order valence-corrected chi connectivity index (χ0v) is 19.4. The number of halogens is 1. The summed E-state index contributed by atoms with van der Waals surface area (Å²) in [6, 6.07) is 7.37. The van der Waals surface area contributed by atoms with E-state index in [1.165, 1.54) is 23.1 Å². The number of aromatic nitrogens is 4. The Morgan fingerprint density at radius 1 is 1.28 bits per heavy atom. The van der Waals surface area contributed by atoms with Gasteiger partial charge in [0.25, 0.3) is 0 Å². The molecular weight excluding hydrogens is 476 g/mol. The predicted molar refractivity (Wildman–Crippen MR) is 120 cm³/mol. The van der Waals surface area contributed by atoms with Crippen molar-refractivity contribution in [2.45, 2.75) is 36.7 Å². The van der Waals surface area contributed by atoms with Crippen LogP contribution in [0.15, 0.2) is 33.0 Å². The van der Waals surface area contributed by atoms with Gasteiger partial charge in [-0.25, -0.2) is 4.79 Å². The van der Waals surface area contributed by atoms with Gasteiger partial charge < -0.3 is 14.1 Å². The first-order valence-electron chi connectivity index (χ1n) is 9.80. The Morgan fingerprint density at radius 2 is 2.09 bits per heavy atom. The summed E-state index contributed by atoms with van der Waals surface area (Å²) in [5.41, 5.74) is 0.649. The average Bonchev–Trinajstić information content (AvgIpc) is 3.34. The molecule has 2 heterocycles. The van der Waals surface area contributed by atoms with Gasteiger partial charge in [0.15, 0.2) is 4.34 Å². The summed E-state index contributed by atoms with van der Waals surface area (Å²) >= 11 is 8.63. The van der Waals surface area contributed by atoms with Crippen LogP contribution in [-0.2, 0) is 16.1 Å². The lowest BCUT2D eigenvalue weighted by atomic mass is 10.2. The fraction of sp³-hybridized carbons (Fsp3) is 0.368. The van der Waals surface area contributed by atoms with Gasteiger partial charge in [-0.15, -0.1) is 20.4 Å². The summed E-state index contributed by atoms with van der Waals surface area (Å²) in [5, 5.41) is 19.3. The third kappa shape index (κ3) is 5.75. The number of carbonyl (C=O) groups excluding carboxylic acids is 2. The molecule has 32 heavy (non-hydrogen) atoms. The molecule has 2 amide bonds. The summed E-state index contributed by atoms with van der Waals surface area (Å²) < 4.78 is 11.1. The second-order valence-corrected chi connectivity index (χ2v) is 9.35. The zero-order valence-electron chi connectivity index (χ0n) is 17.0. The largest absolute Gasteiger partial charge is 0.450 e. The van der Waals surface area contributed by atoms with Crippen molar-refractivity contribution in [1.29, 1.82) is 0 Å². The predicted octanol–water partition coefficient (Wildman–Crippen LogP) is 4.09. The topological polar surface area (TPSA) is 123 Å². The highest BCUT2D eigenvalue weighted by Crippen LogP contribution is 2.32. The second kappa shape index (κ2) is 10.3. The summed E-state index contributed by atoms with van der Waals surface area (Å²) in [5.74, 6) is 0.779. The van der Waals surface area contributed by atoms with E-state index in [0.29, 0.717) is 31.8 Å². The fourth-order valence-corrected chi connectivity index (χ4v) is 4.63. The number of hydrogen-bond donors (Lipinski definition) is 1. The molecule has 10 nitrogen and oxygen atoms in total. The highest BCUT2D eigenvalue weighted by atomic mass is 35.5. The maximum atomic E-state index is 12.9. The van der Waals surface area contributed by atoms with Crippen LogP contribution in [0, 0.1) is 0 Å². The van der Waals surface area contributed by atoms with Crippen molar-refractivity contribution in [3.8, 4) is 11.5 Å². The molecule has 1 aliphatic rings. The fourth-order valence-electron chi connectivity index (χ4n) is 2.79. The van der Waals surface area contributed by atoms with E-state index in [1.54, 1.807) is 24.0 Å². The minimum atomic E-state index is -0.591. The maximum Gasteiger partial charge on any atom is 0.413 e. The lowest BCUT2D eigenvalue weighted by molar-refractivity contribution is -0.129. The highest BCUT2D eigenvalue weighted by molar-refractivity contribution is 8.01. The molecule has 2 aromatic heterocycles. The van der Waals surface area contributed by atoms with E-state index in [-0.39, 0.29) is 30.9 Å². The highest BCUT2D eigenvalue weighted by Gasteiger charge is 2.34. The Bertz CT molecular complexity index is 1100. The molecule has 1 N–H and O–H groups in total. The number of ether oxygens (including phenoxy) is 1. The van der Waals surface area contributed by atoms with E-state index in [1.807, 2.05) is 12.1 Å². The third-order valence-corrected chi connectivity index (χ3v) is 6.68. The van der Waals surface area contributed by atoms with E-state index in [2.05, 4.69) is 25.7 Å². The summed E-state index contributed by atoms with van der Waals surface area (Å²) in [6.07, 6.45) is 1.29. The number of rotatable bonds is 9. The van der Waals surface area contributed by atoms with Gasteiger partial charge in [0.05, 0.1) is 29.5 Å². The Kier molecular flexibility index (Phi) is 7.22. The van der Waals surface area contributed by atoms with Crippen LogP contribution in [-0.4, -0.2) is 55.7 Å². The van der Waals surface area contributed by atoms with Gasteiger partial charge in [-0.2, -0.15) is 0 Å². The van der Waals surface area contributed by atoms with E-state index >= 15 is 0 Å². The molecule has 0 unspecified atom stereocenters. The standard InChI is InChI=1S/C19H19ClN6O4S2/c1-2-29-18(28)21-17-24-25-19(32-17)31-10-15(27)26(11-7-8-11)9-14-22-23-16(30-14)12-5-3-4-6-13(12)20/h3-6,11H,2,7-10H2,1H3,(H,21,24,28). The quantitative estimate of drug-likeness (QED) is 0.346. The first kappa shape index (κ1) is 22.5. The molecule has 1 aliphatic carbocycles. The maximum absolute atomic E-state index is 12.9. The summed E-state index contributed by atoms with van der Waals surface area (Å²) in [7, 11) is 0. The van der Waals surface area contributed by atoms with Gasteiger partial charge in [0.1, 0.15) is 0 Å². The molecule has 0 spiro atoms. The molecular formula is C19H19ClN6O4S2. The van der Waals surface area contributed by atoms with Gasteiger partial charge >= 0.3 is 6.09 Å². The summed E-state index contributed by atoms with van der Waals surface area (Å²) in [4.78, 5) is 26.1. The van der Waals surface area contributed by atoms with Gasteiger partial charge in [0.2, 0.25) is 22.8 Å². The van der Waals surface area contributed by atoms with E-state index < -0.39 is 6.09 Å². The van der Waals surface area contributed by atoms with Gasteiger partial charge in [0, 0.05) is 6.04 Å². The van der Waals surface area contributed by atoms with Crippen molar-refractivity contribution < 1.29 is 18.7 Å². The number of anilines is 1. The number of benzene rings is 1. The van der Waals surface area contributed by atoms with Crippen LogP contribution >= 0.6 is 34.7 Å². The molecule has 3 aromatic rings. The second-order valence-electron chi connectivity index (χ2n) is 6.74. The number of nitrogens with zero attached hydrogens (tertiary/aromatic N) is 5. The van der Waals surface area contributed by atoms with Crippen molar-refractivity contribution in [1.82, 2.24) is 25.3 Å². The van der Waals surface area contributed by atoms with Crippen molar-refractivity contribution in [2.75, 3.05) is 17.7 Å². The Balaban J connectivity index is 1.35. The molecule has 0 aliphatic heterocycles. The van der Waals surface area contributed by atoms with Crippen LogP contribution in [0.4, 0.5) is 9.93 Å². The molecule has 168 valence electrons. The van der Waals surface area contributed by atoms with Crippen LogP contribution in [0.3, 0.4) is 0 Å². The van der Waals surface area contributed by atoms with Crippen LogP contribution in [0.5, 0.6) is 0 Å². The smallest absolute Gasteiger partial charge is 0.413 e. The first-order valence-corrected chi connectivity index (χ1v) is 12.0. The average molecular weight is 495 g/mol. The van der Waals surface area contributed by atoms with E-state index in [0.717, 1.165) is 12.8 Å². The zero-order chi connectivity index (χ0) is 22.5. The van der Waals surface area contributed by atoms with Crippen LogP contribution in [0.1, 0.15) is 25.7 Å². The lowest BCUT2D eigenvalue weighted by Crippen LogP contribution is -2.34. The number of amides is 2. The van der Waals surface area contributed by atoms with Crippen LogP contribution in [0.25, 0.3) is 11.5 Å². The molecule has 4 rings (SSSR count). The number of thioether (sulfide) groups is 1. The summed E-state index contributed by atoms with van der Waals surface area (Å²) in [6.45, 7) is 2.20. The molecule has 1 aromatic carbocycles. The van der Waals surface area contributed by atoms with Gasteiger partial charge in [-0.1, -0.05) is 46.8 Å². The Labute approximate surface area is 196 Å². The number of nitrogens with one attached hydrogen (secondary N) is 1. The van der Waals surface area contributed by atoms with Crippen LogP contribution < -0.4 is 5.32 Å². The molecule has 13 heteroatoms. The number of carbonyl (C=O) groups is 2.